The molecule has 0 spiro atoms. The standard InChI is InChI=1S/C24H21N9O/c1-17-10-27-15-23(31-17)32-16-19(12-28-11-18-2-4-25-5-3-18)8-21(32)9-20-13-30-33(24(20)34)22-14-26-6-7-29-22/h2-10,13-16,28H,11-12H2,1H3/b20-9+. The molecule has 5 heterocycles. The van der Waals surface area contributed by atoms with Crippen LogP contribution in [-0.2, 0) is 17.9 Å². The molecular weight excluding hydrogens is 430 g/mol. The van der Waals surface area contributed by atoms with E-state index in [-0.39, 0.29) is 5.91 Å². The molecule has 0 saturated carbocycles. The summed E-state index contributed by atoms with van der Waals surface area (Å²) < 4.78 is 1.92. The Hall–Kier alpha value is -4.57. The number of nitrogens with zero attached hydrogens (tertiary/aromatic N) is 8. The highest BCUT2D eigenvalue weighted by molar-refractivity contribution is 6.25. The number of nitrogens with one attached hydrogen (secondary N) is 1. The molecule has 1 amide bonds. The average molecular weight is 451 g/mol. The van der Waals surface area contributed by atoms with Crippen molar-refractivity contribution in [1.82, 2.24) is 34.8 Å². The summed E-state index contributed by atoms with van der Waals surface area (Å²) in [6.07, 6.45) is 16.8. The first-order valence-corrected chi connectivity index (χ1v) is 10.6. The van der Waals surface area contributed by atoms with Crippen LogP contribution in [0.2, 0.25) is 0 Å². The molecule has 4 aromatic rings. The Labute approximate surface area is 195 Å². The Balaban J connectivity index is 1.42. The third kappa shape index (κ3) is 4.62. The van der Waals surface area contributed by atoms with E-state index < -0.39 is 0 Å². The molecule has 10 nitrogen and oxygen atoms in total. The molecule has 0 saturated heterocycles. The fourth-order valence-electron chi connectivity index (χ4n) is 3.53. The second-order valence-electron chi connectivity index (χ2n) is 7.65. The molecule has 0 radical (unpaired) electrons. The maximum absolute atomic E-state index is 13.0. The first-order valence-electron chi connectivity index (χ1n) is 10.6. The van der Waals surface area contributed by atoms with Gasteiger partial charge in [-0.25, -0.2) is 9.97 Å². The van der Waals surface area contributed by atoms with Crippen LogP contribution in [0, 0.1) is 6.92 Å². The van der Waals surface area contributed by atoms with Gasteiger partial charge in [0.15, 0.2) is 11.6 Å². The smallest absolute Gasteiger partial charge is 0.281 e. The van der Waals surface area contributed by atoms with Crippen LogP contribution < -0.4 is 10.3 Å². The minimum atomic E-state index is -0.277. The first-order chi connectivity index (χ1) is 16.7. The number of carbonyl (C=O) groups excluding carboxylic acids is 1. The first kappa shape index (κ1) is 21.3. The Morgan fingerprint density at radius 3 is 2.56 bits per heavy atom. The van der Waals surface area contributed by atoms with Crippen LogP contribution in [0.4, 0.5) is 5.82 Å². The molecule has 5 rings (SSSR count). The SMILES string of the molecule is Cc1cncc(-n2cc(CNCc3ccncc3)cc2/C=C2\C=NN(c3cnccn3)C2=O)n1. The molecule has 10 heteroatoms. The number of anilines is 1. The molecule has 168 valence electrons. The van der Waals surface area contributed by atoms with Gasteiger partial charge in [-0.1, -0.05) is 0 Å². The summed E-state index contributed by atoms with van der Waals surface area (Å²) >= 11 is 0. The highest BCUT2D eigenvalue weighted by atomic mass is 16.2. The van der Waals surface area contributed by atoms with Crippen LogP contribution in [0.15, 0.2) is 78.4 Å². The van der Waals surface area contributed by atoms with Gasteiger partial charge < -0.3 is 9.88 Å². The molecular formula is C24H21N9O. The number of aromatic nitrogens is 6. The van der Waals surface area contributed by atoms with Gasteiger partial charge in [-0.2, -0.15) is 10.1 Å². The highest BCUT2D eigenvalue weighted by Crippen LogP contribution is 2.22. The number of rotatable bonds is 7. The molecule has 1 N–H and O–H groups in total. The van der Waals surface area contributed by atoms with Gasteiger partial charge in [-0.15, -0.1) is 0 Å². The number of amides is 1. The summed E-state index contributed by atoms with van der Waals surface area (Å²) in [5, 5.41) is 8.87. The molecule has 1 aliphatic heterocycles. The second-order valence-corrected chi connectivity index (χ2v) is 7.65. The maximum Gasteiger partial charge on any atom is 0.281 e. The van der Waals surface area contributed by atoms with E-state index in [2.05, 4.69) is 35.3 Å². The lowest BCUT2D eigenvalue weighted by Crippen LogP contribution is -2.22. The number of aryl methyl sites for hydroxylation is 1. The predicted octanol–water partition coefficient (Wildman–Crippen LogP) is 2.47. The van der Waals surface area contributed by atoms with E-state index in [0.717, 1.165) is 22.5 Å². The number of carbonyl (C=O) groups is 1. The van der Waals surface area contributed by atoms with E-state index >= 15 is 0 Å². The molecule has 0 fully saturated rings. The highest BCUT2D eigenvalue weighted by Gasteiger charge is 2.25. The summed E-state index contributed by atoms with van der Waals surface area (Å²) in [5.41, 5.74) is 4.21. The predicted molar refractivity (Wildman–Crippen MR) is 127 cm³/mol. The quantitative estimate of drug-likeness (QED) is 0.429. The monoisotopic (exact) mass is 451 g/mol. The van der Waals surface area contributed by atoms with Gasteiger partial charge in [0.1, 0.15) is 0 Å². The Morgan fingerprint density at radius 2 is 1.76 bits per heavy atom. The van der Waals surface area contributed by atoms with Crippen LogP contribution in [-0.4, -0.2) is 41.6 Å². The summed E-state index contributed by atoms with van der Waals surface area (Å²) in [6, 6.07) is 5.97. The molecule has 0 bridgehead atoms. The van der Waals surface area contributed by atoms with Crippen LogP contribution >= 0.6 is 0 Å². The second kappa shape index (κ2) is 9.51. The summed E-state index contributed by atoms with van der Waals surface area (Å²) in [4.78, 5) is 34.0. The van der Waals surface area contributed by atoms with Crippen LogP contribution in [0.3, 0.4) is 0 Å². The lowest BCUT2D eigenvalue weighted by Gasteiger charge is -2.09. The van der Waals surface area contributed by atoms with Crippen molar-refractivity contribution in [2.24, 2.45) is 5.10 Å². The van der Waals surface area contributed by atoms with E-state index in [1.54, 1.807) is 37.1 Å². The molecule has 0 unspecified atom stereocenters. The largest absolute Gasteiger partial charge is 0.309 e. The van der Waals surface area contributed by atoms with Gasteiger partial charge in [0.05, 0.1) is 29.9 Å². The third-order valence-corrected chi connectivity index (χ3v) is 5.12. The molecule has 0 atom stereocenters. The maximum atomic E-state index is 13.0. The van der Waals surface area contributed by atoms with Crippen molar-refractivity contribution in [3.63, 3.8) is 0 Å². The molecule has 0 aliphatic carbocycles. The molecule has 0 aromatic carbocycles. The van der Waals surface area contributed by atoms with Gasteiger partial charge in [0, 0.05) is 56.0 Å². The summed E-state index contributed by atoms with van der Waals surface area (Å²) in [7, 11) is 0. The lowest BCUT2D eigenvalue weighted by molar-refractivity contribution is -0.114. The van der Waals surface area contributed by atoms with Crippen LogP contribution in [0.25, 0.3) is 11.9 Å². The number of hydrogen-bond donors (Lipinski definition) is 1. The van der Waals surface area contributed by atoms with Crippen LogP contribution in [0.1, 0.15) is 22.5 Å². The lowest BCUT2D eigenvalue weighted by atomic mass is 10.2. The topological polar surface area (TPSA) is 114 Å². The van der Waals surface area contributed by atoms with Crippen molar-refractivity contribution in [3.8, 4) is 5.82 Å². The zero-order valence-corrected chi connectivity index (χ0v) is 18.4. The third-order valence-electron chi connectivity index (χ3n) is 5.12. The van der Waals surface area contributed by atoms with E-state index in [0.29, 0.717) is 30.3 Å². The van der Waals surface area contributed by atoms with Crippen molar-refractivity contribution < 1.29 is 4.79 Å². The van der Waals surface area contributed by atoms with Gasteiger partial charge in [0.25, 0.3) is 5.91 Å². The zero-order chi connectivity index (χ0) is 23.3. The van der Waals surface area contributed by atoms with Gasteiger partial charge in [-0.05, 0) is 42.3 Å². The number of pyridine rings is 1. The van der Waals surface area contributed by atoms with Crippen molar-refractivity contribution in [2.75, 3.05) is 5.01 Å². The van der Waals surface area contributed by atoms with Gasteiger partial charge in [-0.3, -0.25) is 19.7 Å². The van der Waals surface area contributed by atoms with Crippen molar-refractivity contribution >= 4 is 24.0 Å². The average Bonchev–Trinajstić information content (AvgIpc) is 3.44. The van der Waals surface area contributed by atoms with E-state index in [1.807, 2.05) is 35.9 Å². The van der Waals surface area contributed by atoms with Crippen molar-refractivity contribution in [2.45, 2.75) is 20.0 Å². The van der Waals surface area contributed by atoms with Gasteiger partial charge in [0.2, 0.25) is 0 Å². The summed E-state index contributed by atoms with van der Waals surface area (Å²) in [5.74, 6) is 0.759. The minimum absolute atomic E-state index is 0.277. The fraction of sp³-hybridized carbons (Fsp3) is 0.125. The van der Waals surface area contributed by atoms with Crippen LogP contribution in [0.5, 0.6) is 0 Å². The number of hydrogen-bond acceptors (Lipinski definition) is 8. The summed E-state index contributed by atoms with van der Waals surface area (Å²) in [6.45, 7) is 3.24. The van der Waals surface area contributed by atoms with Crippen molar-refractivity contribution in [1.29, 1.82) is 0 Å². The fourth-order valence-corrected chi connectivity index (χ4v) is 3.53. The molecule has 4 aromatic heterocycles. The normalized spacial score (nSPS) is 14.3. The number of hydrazone groups is 1. The van der Waals surface area contributed by atoms with Crippen molar-refractivity contribution in [3.05, 3.63) is 95.9 Å². The zero-order valence-electron chi connectivity index (χ0n) is 18.4. The molecule has 34 heavy (non-hydrogen) atoms. The Morgan fingerprint density at radius 1 is 0.941 bits per heavy atom. The van der Waals surface area contributed by atoms with E-state index in [4.69, 9.17) is 0 Å². The minimum Gasteiger partial charge on any atom is -0.309 e. The van der Waals surface area contributed by atoms with E-state index in [1.165, 1.54) is 23.6 Å². The Kier molecular flexibility index (Phi) is 5.95. The van der Waals surface area contributed by atoms with E-state index in [9.17, 15) is 4.79 Å². The van der Waals surface area contributed by atoms with Gasteiger partial charge >= 0.3 is 0 Å². The Bertz CT molecular complexity index is 1360. The molecule has 1 aliphatic rings.